The van der Waals surface area contributed by atoms with E-state index in [9.17, 15) is 4.79 Å². The first kappa shape index (κ1) is 13.8. The number of hydrogen-bond acceptors (Lipinski definition) is 3. The van der Waals surface area contributed by atoms with Crippen LogP contribution in [0.2, 0.25) is 0 Å². The van der Waals surface area contributed by atoms with Gasteiger partial charge in [0, 0.05) is 25.7 Å². The minimum atomic E-state index is -0.259. The summed E-state index contributed by atoms with van der Waals surface area (Å²) in [5.74, 6) is 0.175. The molecule has 1 amide bonds. The predicted molar refractivity (Wildman–Crippen MR) is 71.5 cm³/mol. The molecule has 0 aliphatic carbocycles. The lowest BCUT2D eigenvalue weighted by Gasteiger charge is -2.31. The van der Waals surface area contributed by atoms with E-state index in [1.54, 1.807) is 7.11 Å². The number of ether oxygens (including phenoxy) is 1. The van der Waals surface area contributed by atoms with Crippen LogP contribution in [0.1, 0.15) is 39.5 Å². The summed E-state index contributed by atoms with van der Waals surface area (Å²) in [6.45, 7) is 7.50. The van der Waals surface area contributed by atoms with Gasteiger partial charge < -0.3 is 9.64 Å². The summed E-state index contributed by atoms with van der Waals surface area (Å²) < 4.78 is 5.28. The molecule has 2 aliphatic heterocycles. The summed E-state index contributed by atoms with van der Waals surface area (Å²) in [5.41, 5.74) is 0. The summed E-state index contributed by atoms with van der Waals surface area (Å²) in [6.07, 6.45) is 4.24. The van der Waals surface area contributed by atoms with E-state index < -0.39 is 0 Å². The van der Waals surface area contributed by atoms with Gasteiger partial charge in [-0.1, -0.05) is 6.92 Å². The van der Waals surface area contributed by atoms with E-state index in [1.165, 1.54) is 25.9 Å². The smallest absolute Gasteiger partial charge is 0.251 e. The molecular formula is C14H26N2O2. The maximum atomic E-state index is 12.4. The van der Waals surface area contributed by atoms with E-state index in [4.69, 9.17) is 4.74 Å². The standard InChI is InChI=1S/C14H26N2O2/c1-4-13(18-3)14(17)16-10-7-12(11(16)2)15-8-5-6-9-15/h11-13H,4-10H2,1-3H3/t11-,12-,13-/m0/s1. The van der Waals surface area contributed by atoms with E-state index in [1.807, 2.05) is 11.8 Å². The van der Waals surface area contributed by atoms with Crippen molar-refractivity contribution >= 4 is 5.91 Å². The summed E-state index contributed by atoms with van der Waals surface area (Å²) in [5, 5.41) is 0. The van der Waals surface area contributed by atoms with Crippen LogP contribution in [0.5, 0.6) is 0 Å². The Kier molecular flexibility index (Phi) is 4.62. The van der Waals surface area contributed by atoms with Crippen LogP contribution in [0.15, 0.2) is 0 Å². The average molecular weight is 254 g/mol. The van der Waals surface area contributed by atoms with Crippen molar-refractivity contribution < 1.29 is 9.53 Å². The van der Waals surface area contributed by atoms with Crippen LogP contribution < -0.4 is 0 Å². The molecule has 2 aliphatic rings. The molecule has 2 saturated heterocycles. The maximum Gasteiger partial charge on any atom is 0.251 e. The van der Waals surface area contributed by atoms with Crippen molar-refractivity contribution in [2.75, 3.05) is 26.7 Å². The molecule has 0 saturated carbocycles. The van der Waals surface area contributed by atoms with Gasteiger partial charge in [-0.15, -0.1) is 0 Å². The molecule has 18 heavy (non-hydrogen) atoms. The summed E-state index contributed by atoms with van der Waals surface area (Å²) in [4.78, 5) is 17.0. The van der Waals surface area contributed by atoms with Crippen LogP contribution in [0, 0.1) is 0 Å². The number of rotatable bonds is 4. The van der Waals surface area contributed by atoms with Crippen molar-refractivity contribution in [3.05, 3.63) is 0 Å². The van der Waals surface area contributed by atoms with Gasteiger partial charge in [0.25, 0.3) is 5.91 Å². The van der Waals surface area contributed by atoms with Gasteiger partial charge in [-0.25, -0.2) is 0 Å². The topological polar surface area (TPSA) is 32.8 Å². The number of carbonyl (C=O) groups excluding carboxylic acids is 1. The molecule has 2 fully saturated rings. The van der Waals surface area contributed by atoms with Gasteiger partial charge in [0.2, 0.25) is 0 Å². The first-order valence-corrected chi connectivity index (χ1v) is 7.26. The molecule has 0 N–H and O–H groups in total. The second-order valence-electron chi connectivity index (χ2n) is 5.50. The highest BCUT2D eigenvalue weighted by atomic mass is 16.5. The molecule has 0 bridgehead atoms. The van der Waals surface area contributed by atoms with Crippen LogP contribution in [-0.2, 0) is 9.53 Å². The Bertz CT molecular complexity index is 286. The Morgan fingerprint density at radius 2 is 2.00 bits per heavy atom. The first-order valence-electron chi connectivity index (χ1n) is 7.26. The molecule has 0 aromatic carbocycles. The normalized spacial score (nSPS) is 30.9. The molecule has 3 atom stereocenters. The van der Waals surface area contributed by atoms with Crippen molar-refractivity contribution in [3.8, 4) is 0 Å². The number of methoxy groups -OCH3 is 1. The molecule has 4 nitrogen and oxygen atoms in total. The summed E-state index contributed by atoms with van der Waals surface area (Å²) in [6, 6.07) is 0.894. The molecule has 0 aromatic heterocycles. The fourth-order valence-corrected chi connectivity index (χ4v) is 3.42. The Balaban J connectivity index is 1.97. The minimum Gasteiger partial charge on any atom is -0.372 e. The van der Waals surface area contributed by atoms with Gasteiger partial charge in [0.1, 0.15) is 6.10 Å². The third-order valence-electron chi connectivity index (χ3n) is 4.54. The molecule has 0 radical (unpaired) electrons. The quantitative estimate of drug-likeness (QED) is 0.762. The molecule has 2 heterocycles. The lowest BCUT2D eigenvalue weighted by molar-refractivity contribution is -0.143. The fraction of sp³-hybridized carbons (Fsp3) is 0.929. The Morgan fingerprint density at radius 3 is 2.56 bits per heavy atom. The van der Waals surface area contributed by atoms with Crippen molar-refractivity contribution in [1.29, 1.82) is 0 Å². The van der Waals surface area contributed by atoms with E-state index in [-0.39, 0.29) is 12.0 Å². The van der Waals surface area contributed by atoms with Crippen molar-refractivity contribution in [2.45, 2.75) is 57.7 Å². The van der Waals surface area contributed by atoms with Crippen LogP contribution in [0.4, 0.5) is 0 Å². The molecule has 2 rings (SSSR count). The van der Waals surface area contributed by atoms with Gasteiger partial charge >= 0.3 is 0 Å². The highest BCUT2D eigenvalue weighted by Crippen LogP contribution is 2.27. The average Bonchev–Trinajstić information content (AvgIpc) is 2.99. The second-order valence-corrected chi connectivity index (χ2v) is 5.50. The zero-order valence-electron chi connectivity index (χ0n) is 11.9. The van der Waals surface area contributed by atoms with Crippen molar-refractivity contribution in [2.24, 2.45) is 0 Å². The van der Waals surface area contributed by atoms with Crippen molar-refractivity contribution in [1.82, 2.24) is 9.80 Å². The van der Waals surface area contributed by atoms with Crippen LogP contribution >= 0.6 is 0 Å². The lowest BCUT2D eigenvalue weighted by Crippen LogP contribution is -2.47. The first-order chi connectivity index (χ1) is 8.69. The third kappa shape index (κ3) is 2.54. The van der Waals surface area contributed by atoms with Gasteiger partial charge in [0.15, 0.2) is 0 Å². The van der Waals surface area contributed by atoms with Gasteiger partial charge in [-0.3, -0.25) is 9.69 Å². The monoisotopic (exact) mass is 254 g/mol. The summed E-state index contributed by atoms with van der Waals surface area (Å²) >= 11 is 0. The molecule has 104 valence electrons. The fourth-order valence-electron chi connectivity index (χ4n) is 3.42. The zero-order valence-corrected chi connectivity index (χ0v) is 11.9. The van der Waals surface area contributed by atoms with Crippen LogP contribution in [0.3, 0.4) is 0 Å². The van der Waals surface area contributed by atoms with E-state index >= 15 is 0 Å². The largest absolute Gasteiger partial charge is 0.372 e. The summed E-state index contributed by atoms with van der Waals surface area (Å²) in [7, 11) is 1.63. The number of nitrogens with zero attached hydrogens (tertiary/aromatic N) is 2. The van der Waals surface area contributed by atoms with Crippen molar-refractivity contribution in [3.63, 3.8) is 0 Å². The lowest BCUT2D eigenvalue weighted by atomic mass is 10.1. The van der Waals surface area contributed by atoms with E-state index in [0.717, 1.165) is 19.4 Å². The van der Waals surface area contributed by atoms with E-state index in [0.29, 0.717) is 12.1 Å². The molecule has 0 unspecified atom stereocenters. The number of hydrogen-bond donors (Lipinski definition) is 0. The van der Waals surface area contributed by atoms with E-state index in [2.05, 4.69) is 11.8 Å². The van der Waals surface area contributed by atoms with Crippen LogP contribution in [0.25, 0.3) is 0 Å². The predicted octanol–water partition coefficient (Wildman–Crippen LogP) is 1.50. The third-order valence-corrected chi connectivity index (χ3v) is 4.54. The molecule has 0 spiro atoms. The SMILES string of the molecule is CC[C@H](OC)C(=O)N1CC[C@H](N2CCCC2)[C@@H]1C. The molecular weight excluding hydrogens is 228 g/mol. The number of amides is 1. The second kappa shape index (κ2) is 6.02. The van der Waals surface area contributed by atoms with Gasteiger partial charge in [0.05, 0.1) is 0 Å². The van der Waals surface area contributed by atoms with Gasteiger partial charge in [-0.05, 0) is 45.7 Å². The Hall–Kier alpha value is -0.610. The molecule has 0 aromatic rings. The van der Waals surface area contributed by atoms with Crippen LogP contribution in [-0.4, -0.2) is 60.6 Å². The van der Waals surface area contributed by atoms with Gasteiger partial charge in [-0.2, -0.15) is 0 Å². The Morgan fingerprint density at radius 1 is 1.33 bits per heavy atom. The maximum absolute atomic E-state index is 12.4. The molecule has 4 heteroatoms. The highest BCUT2D eigenvalue weighted by molar-refractivity contribution is 5.81. The zero-order chi connectivity index (χ0) is 13.1. The number of carbonyl (C=O) groups is 1. The number of likely N-dealkylation sites (tertiary alicyclic amines) is 2. The Labute approximate surface area is 110 Å². The highest BCUT2D eigenvalue weighted by Gasteiger charge is 2.39. The minimum absolute atomic E-state index is 0.175.